The van der Waals surface area contributed by atoms with E-state index in [2.05, 4.69) is 50.3 Å². The quantitative estimate of drug-likeness (QED) is 0.507. The van der Waals surface area contributed by atoms with Crippen molar-refractivity contribution in [1.29, 1.82) is 0 Å². The molecule has 0 aromatic carbocycles. The highest BCUT2D eigenvalue weighted by atomic mass is 14.2. The summed E-state index contributed by atoms with van der Waals surface area (Å²) in [7, 11) is 0. The first-order valence-electron chi connectivity index (χ1n) is 4.52. The molecule has 0 N–H and O–H groups in total. The van der Waals surface area contributed by atoms with Gasteiger partial charge in [0.2, 0.25) is 0 Å². The number of hydrogen-bond acceptors (Lipinski definition) is 0. The SMILES string of the molecule is CC1=CC(C)C2C=CC=CC2=C1. The monoisotopic (exact) mass is 158 g/mol. The third kappa shape index (κ3) is 1.18. The number of allylic oxidation sites excluding steroid dienone is 8. The third-order valence-corrected chi connectivity index (χ3v) is 2.59. The summed E-state index contributed by atoms with van der Waals surface area (Å²) in [5, 5.41) is 0. The van der Waals surface area contributed by atoms with Gasteiger partial charge in [0, 0.05) is 5.92 Å². The molecule has 0 spiro atoms. The van der Waals surface area contributed by atoms with Gasteiger partial charge in [-0.3, -0.25) is 0 Å². The molecule has 0 aromatic rings. The molecule has 0 saturated carbocycles. The van der Waals surface area contributed by atoms with Crippen molar-refractivity contribution in [2.24, 2.45) is 11.8 Å². The van der Waals surface area contributed by atoms with E-state index in [1.165, 1.54) is 11.1 Å². The Kier molecular flexibility index (Phi) is 1.76. The zero-order chi connectivity index (χ0) is 8.55. The van der Waals surface area contributed by atoms with E-state index in [0.29, 0.717) is 11.8 Å². The fraction of sp³-hybridized carbons (Fsp3) is 0.333. The van der Waals surface area contributed by atoms with E-state index in [9.17, 15) is 0 Å². The first-order chi connectivity index (χ1) is 5.77. The minimum absolute atomic E-state index is 0.624. The van der Waals surface area contributed by atoms with Crippen LogP contribution in [0.15, 0.2) is 47.6 Å². The van der Waals surface area contributed by atoms with Crippen molar-refractivity contribution in [3.05, 3.63) is 47.6 Å². The van der Waals surface area contributed by atoms with Gasteiger partial charge in [-0.2, -0.15) is 0 Å². The molecular weight excluding hydrogens is 144 g/mol. The predicted octanol–water partition coefficient (Wildman–Crippen LogP) is 3.25. The highest BCUT2D eigenvalue weighted by molar-refractivity contribution is 5.42. The lowest BCUT2D eigenvalue weighted by Crippen LogP contribution is -2.14. The molecule has 2 atom stereocenters. The molecule has 0 aliphatic heterocycles. The summed E-state index contributed by atoms with van der Waals surface area (Å²) in [4.78, 5) is 0. The molecule has 2 rings (SSSR count). The maximum absolute atomic E-state index is 2.34. The van der Waals surface area contributed by atoms with Crippen LogP contribution in [0.2, 0.25) is 0 Å². The van der Waals surface area contributed by atoms with Gasteiger partial charge >= 0.3 is 0 Å². The molecule has 0 nitrogen and oxygen atoms in total. The molecule has 12 heavy (non-hydrogen) atoms. The molecule has 0 radical (unpaired) electrons. The van der Waals surface area contributed by atoms with Crippen LogP contribution in [-0.2, 0) is 0 Å². The van der Waals surface area contributed by atoms with E-state index in [4.69, 9.17) is 0 Å². The zero-order valence-electron chi connectivity index (χ0n) is 7.62. The van der Waals surface area contributed by atoms with Crippen LogP contribution in [-0.4, -0.2) is 0 Å². The van der Waals surface area contributed by atoms with Crippen molar-refractivity contribution in [3.63, 3.8) is 0 Å². The van der Waals surface area contributed by atoms with Gasteiger partial charge in [-0.15, -0.1) is 0 Å². The van der Waals surface area contributed by atoms with E-state index in [1.54, 1.807) is 0 Å². The van der Waals surface area contributed by atoms with Crippen molar-refractivity contribution in [3.8, 4) is 0 Å². The van der Waals surface area contributed by atoms with Gasteiger partial charge in [0.25, 0.3) is 0 Å². The summed E-state index contributed by atoms with van der Waals surface area (Å²) in [6, 6.07) is 0. The summed E-state index contributed by atoms with van der Waals surface area (Å²) in [5.41, 5.74) is 2.86. The molecule has 2 aliphatic rings. The smallest absolute Gasteiger partial charge is 0.00815 e. The van der Waals surface area contributed by atoms with Gasteiger partial charge < -0.3 is 0 Å². The Morgan fingerprint density at radius 2 is 2.08 bits per heavy atom. The van der Waals surface area contributed by atoms with Crippen molar-refractivity contribution < 1.29 is 0 Å². The van der Waals surface area contributed by atoms with E-state index < -0.39 is 0 Å². The minimum atomic E-state index is 0.624. The number of fused-ring (bicyclic) bond motifs is 1. The molecule has 2 unspecified atom stereocenters. The lowest BCUT2D eigenvalue weighted by atomic mass is 9.79. The lowest BCUT2D eigenvalue weighted by molar-refractivity contribution is 0.578. The summed E-state index contributed by atoms with van der Waals surface area (Å²) in [6.07, 6.45) is 13.4. The van der Waals surface area contributed by atoms with E-state index >= 15 is 0 Å². The maximum Gasteiger partial charge on any atom is 0.00815 e. The Hall–Kier alpha value is -1.04. The lowest BCUT2D eigenvalue weighted by Gasteiger charge is -2.25. The van der Waals surface area contributed by atoms with Crippen LogP contribution < -0.4 is 0 Å². The Bertz CT molecular complexity index is 300. The van der Waals surface area contributed by atoms with Crippen LogP contribution in [0.5, 0.6) is 0 Å². The van der Waals surface area contributed by atoms with E-state index in [-0.39, 0.29) is 0 Å². The standard InChI is InChI=1S/C12H14/c1-9-7-10(2)12-6-4-3-5-11(12)8-9/h3-8,10,12H,1-2H3. The van der Waals surface area contributed by atoms with E-state index in [1.807, 2.05) is 0 Å². The minimum Gasteiger partial charge on any atom is -0.0778 e. The molecule has 2 aliphatic carbocycles. The molecule has 0 heteroatoms. The summed E-state index contributed by atoms with van der Waals surface area (Å²) < 4.78 is 0. The number of rotatable bonds is 0. The van der Waals surface area contributed by atoms with E-state index in [0.717, 1.165) is 0 Å². The maximum atomic E-state index is 2.34. The normalized spacial score (nSPS) is 32.5. The molecule has 62 valence electrons. The van der Waals surface area contributed by atoms with Crippen LogP contribution in [0.3, 0.4) is 0 Å². The second kappa shape index (κ2) is 2.78. The third-order valence-electron chi connectivity index (χ3n) is 2.59. The summed E-state index contributed by atoms with van der Waals surface area (Å²) in [6.45, 7) is 4.45. The molecule has 0 fully saturated rings. The molecule has 0 bridgehead atoms. The first kappa shape index (κ1) is 7.60. The van der Waals surface area contributed by atoms with Gasteiger partial charge in [0.1, 0.15) is 0 Å². The first-order valence-corrected chi connectivity index (χ1v) is 4.52. The predicted molar refractivity (Wildman–Crippen MR) is 52.8 cm³/mol. The van der Waals surface area contributed by atoms with Crippen LogP contribution in [0, 0.1) is 11.8 Å². The molecule has 0 aromatic heterocycles. The van der Waals surface area contributed by atoms with Crippen molar-refractivity contribution >= 4 is 0 Å². The largest absolute Gasteiger partial charge is 0.0778 e. The van der Waals surface area contributed by atoms with Gasteiger partial charge in [0.05, 0.1) is 0 Å². The van der Waals surface area contributed by atoms with Crippen molar-refractivity contribution in [2.45, 2.75) is 13.8 Å². The average Bonchev–Trinajstić information content (AvgIpc) is 2.04. The highest BCUT2D eigenvalue weighted by Gasteiger charge is 2.20. The molecule has 0 saturated heterocycles. The van der Waals surface area contributed by atoms with Gasteiger partial charge in [0.15, 0.2) is 0 Å². The zero-order valence-corrected chi connectivity index (χ0v) is 7.62. The van der Waals surface area contributed by atoms with Crippen molar-refractivity contribution in [2.75, 3.05) is 0 Å². The van der Waals surface area contributed by atoms with Gasteiger partial charge in [-0.05, 0) is 18.4 Å². The Balaban J connectivity index is 2.38. The van der Waals surface area contributed by atoms with Crippen LogP contribution >= 0.6 is 0 Å². The van der Waals surface area contributed by atoms with Gasteiger partial charge in [-0.25, -0.2) is 0 Å². The second-order valence-electron chi connectivity index (χ2n) is 3.68. The molecule has 0 amide bonds. The number of hydrogen-bond donors (Lipinski definition) is 0. The second-order valence-corrected chi connectivity index (χ2v) is 3.68. The average molecular weight is 158 g/mol. The van der Waals surface area contributed by atoms with Crippen LogP contribution in [0.1, 0.15) is 13.8 Å². The summed E-state index contributed by atoms with van der Waals surface area (Å²) >= 11 is 0. The highest BCUT2D eigenvalue weighted by Crippen LogP contribution is 2.32. The molecule has 0 heterocycles. The summed E-state index contributed by atoms with van der Waals surface area (Å²) in [5.74, 6) is 1.28. The van der Waals surface area contributed by atoms with Crippen LogP contribution in [0.25, 0.3) is 0 Å². The Morgan fingerprint density at radius 3 is 2.92 bits per heavy atom. The fourth-order valence-electron chi connectivity index (χ4n) is 2.03. The molecular formula is C12H14. The van der Waals surface area contributed by atoms with Crippen LogP contribution in [0.4, 0.5) is 0 Å². The van der Waals surface area contributed by atoms with Crippen molar-refractivity contribution in [1.82, 2.24) is 0 Å². The topological polar surface area (TPSA) is 0 Å². The van der Waals surface area contributed by atoms with Gasteiger partial charge in [-0.1, -0.05) is 49.0 Å². The Labute approximate surface area is 74.0 Å². The Morgan fingerprint density at radius 1 is 1.25 bits per heavy atom. The fourth-order valence-corrected chi connectivity index (χ4v) is 2.03.